The van der Waals surface area contributed by atoms with Crippen molar-refractivity contribution in [3.63, 3.8) is 0 Å². The minimum absolute atomic E-state index is 0.0711. The Morgan fingerprint density at radius 3 is 2.70 bits per heavy atom. The summed E-state index contributed by atoms with van der Waals surface area (Å²) in [6, 6.07) is 14.5. The number of rotatable bonds is 7. The summed E-state index contributed by atoms with van der Waals surface area (Å²) in [5, 5.41) is 2.88. The molecule has 142 valence electrons. The highest BCUT2D eigenvalue weighted by atomic mass is 19.1. The van der Waals surface area contributed by atoms with Gasteiger partial charge in [0.25, 0.3) is 0 Å². The summed E-state index contributed by atoms with van der Waals surface area (Å²) >= 11 is 0. The Morgan fingerprint density at radius 1 is 1.11 bits per heavy atom. The number of hydrogen-bond donors (Lipinski definition) is 1. The van der Waals surface area contributed by atoms with E-state index in [0.717, 1.165) is 0 Å². The molecular weight excluding hydrogens is 349 g/mol. The predicted octanol–water partition coefficient (Wildman–Crippen LogP) is 3.14. The molecule has 5 nitrogen and oxygen atoms in total. The number of ketones is 1. The fraction of sp³-hybridized carbons (Fsp3) is 0.333. The zero-order valence-electron chi connectivity index (χ0n) is 14.9. The standard InChI is InChI=1S/C21H22FNO4/c22-16-7-4-8-17(13-16)27-20-11-12-26-14-18(20)23-21(25)10-9-19(24)15-5-2-1-3-6-15/h1-8,13,18,20H,9-12,14H2,(H,23,25)/t18-,20+/m1/s1. The molecule has 0 aliphatic carbocycles. The van der Waals surface area contributed by atoms with Crippen molar-refractivity contribution >= 4 is 11.7 Å². The third-order valence-electron chi connectivity index (χ3n) is 4.40. The molecule has 0 bridgehead atoms. The summed E-state index contributed by atoms with van der Waals surface area (Å²) in [4.78, 5) is 24.4. The molecule has 0 aromatic heterocycles. The largest absolute Gasteiger partial charge is 0.488 e. The molecule has 6 heteroatoms. The third-order valence-corrected chi connectivity index (χ3v) is 4.40. The molecule has 1 aliphatic heterocycles. The molecule has 0 radical (unpaired) electrons. The average Bonchev–Trinajstić information content (AvgIpc) is 2.68. The molecule has 27 heavy (non-hydrogen) atoms. The van der Waals surface area contributed by atoms with E-state index >= 15 is 0 Å². The van der Waals surface area contributed by atoms with Gasteiger partial charge in [-0.1, -0.05) is 36.4 Å². The van der Waals surface area contributed by atoms with Crippen molar-refractivity contribution in [1.29, 1.82) is 0 Å². The zero-order chi connectivity index (χ0) is 19.1. The predicted molar refractivity (Wildman–Crippen MR) is 98.2 cm³/mol. The minimum atomic E-state index is -0.375. The first-order valence-corrected chi connectivity index (χ1v) is 8.99. The van der Waals surface area contributed by atoms with Crippen molar-refractivity contribution in [1.82, 2.24) is 5.32 Å². The molecule has 0 unspecified atom stereocenters. The van der Waals surface area contributed by atoms with Gasteiger partial charge in [0.15, 0.2) is 5.78 Å². The van der Waals surface area contributed by atoms with Crippen LogP contribution in [0, 0.1) is 5.82 Å². The van der Waals surface area contributed by atoms with Crippen LogP contribution in [0.25, 0.3) is 0 Å². The van der Waals surface area contributed by atoms with Gasteiger partial charge in [0.1, 0.15) is 17.7 Å². The lowest BCUT2D eigenvalue weighted by molar-refractivity contribution is -0.124. The van der Waals surface area contributed by atoms with Crippen molar-refractivity contribution in [2.75, 3.05) is 13.2 Å². The molecular formula is C21H22FNO4. The van der Waals surface area contributed by atoms with Crippen LogP contribution in [-0.2, 0) is 9.53 Å². The molecule has 2 aromatic carbocycles. The van der Waals surface area contributed by atoms with Crippen LogP contribution >= 0.6 is 0 Å². The lowest BCUT2D eigenvalue weighted by Crippen LogP contribution is -2.51. The van der Waals surface area contributed by atoms with Gasteiger partial charge in [0.05, 0.1) is 19.3 Å². The molecule has 1 amide bonds. The van der Waals surface area contributed by atoms with Crippen LogP contribution in [-0.4, -0.2) is 37.0 Å². The second kappa shape index (κ2) is 9.28. The Bertz CT molecular complexity index is 781. The van der Waals surface area contributed by atoms with Gasteiger partial charge in [-0.2, -0.15) is 0 Å². The summed E-state index contributed by atoms with van der Waals surface area (Å²) in [5.41, 5.74) is 0.596. The third kappa shape index (κ3) is 5.62. The molecule has 1 aliphatic rings. The summed E-state index contributed by atoms with van der Waals surface area (Å²) in [7, 11) is 0. The number of amides is 1. The quantitative estimate of drug-likeness (QED) is 0.760. The maximum atomic E-state index is 13.3. The van der Waals surface area contributed by atoms with Crippen LogP contribution in [0.15, 0.2) is 54.6 Å². The Kier molecular flexibility index (Phi) is 6.54. The molecule has 3 rings (SSSR count). The van der Waals surface area contributed by atoms with Gasteiger partial charge in [0.2, 0.25) is 5.91 Å². The highest BCUT2D eigenvalue weighted by Gasteiger charge is 2.29. The van der Waals surface area contributed by atoms with E-state index in [1.54, 1.807) is 36.4 Å². The number of nitrogens with one attached hydrogen (secondary N) is 1. The first-order chi connectivity index (χ1) is 13.1. The van der Waals surface area contributed by atoms with Crippen molar-refractivity contribution in [3.8, 4) is 5.75 Å². The van der Waals surface area contributed by atoms with Crippen LogP contribution in [0.5, 0.6) is 5.75 Å². The molecule has 1 N–H and O–H groups in total. The number of Topliss-reactive ketones (excluding diaryl/α,β-unsaturated/α-hetero) is 1. The fourth-order valence-electron chi connectivity index (χ4n) is 2.98. The Labute approximate surface area is 157 Å². The number of benzene rings is 2. The normalized spacial score (nSPS) is 19.3. The van der Waals surface area contributed by atoms with Gasteiger partial charge in [-0.05, 0) is 12.1 Å². The summed E-state index contributed by atoms with van der Waals surface area (Å²) in [6.07, 6.45) is 0.509. The van der Waals surface area contributed by atoms with E-state index in [0.29, 0.717) is 30.9 Å². The fourth-order valence-corrected chi connectivity index (χ4v) is 2.98. The van der Waals surface area contributed by atoms with Crippen LogP contribution < -0.4 is 10.1 Å². The topological polar surface area (TPSA) is 64.6 Å². The summed E-state index contributed by atoms with van der Waals surface area (Å²) in [5.74, 6) is -0.263. The van der Waals surface area contributed by atoms with Crippen LogP contribution in [0.1, 0.15) is 29.6 Å². The van der Waals surface area contributed by atoms with Gasteiger partial charge in [-0.25, -0.2) is 4.39 Å². The second-order valence-corrected chi connectivity index (χ2v) is 6.44. The van der Waals surface area contributed by atoms with Gasteiger partial charge in [-0.3, -0.25) is 9.59 Å². The van der Waals surface area contributed by atoms with E-state index in [2.05, 4.69) is 5.32 Å². The van der Waals surface area contributed by atoms with Gasteiger partial charge >= 0.3 is 0 Å². The number of carbonyl (C=O) groups excluding carboxylic acids is 2. The van der Waals surface area contributed by atoms with Crippen molar-refractivity contribution < 1.29 is 23.5 Å². The second-order valence-electron chi connectivity index (χ2n) is 6.44. The maximum Gasteiger partial charge on any atom is 0.220 e. The van der Waals surface area contributed by atoms with E-state index in [-0.39, 0.29) is 42.5 Å². The smallest absolute Gasteiger partial charge is 0.220 e. The Morgan fingerprint density at radius 2 is 1.93 bits per heavy atom. The number of halogens is 1. The zero-order valence-corrected chi connectivity index (χ0v) is 14.9. The molecule has 0 saturated carbocycles. The Balaban J connectivity index is 1.52. The molecule has 0 spiro atoms. The van der Waals surface area contributed by atoms with E-state index in [1.165, 1.54) is 12.1 Å². The lowest BCUT2D eigenvalue weighted by Gasteiger charge is -2.32. The van der Waals surface area contributed by atoms with E-state index in [4.69, 9.17) is 9.47 Å². The summed E-state index contributed by atoms with van der Waals surface area (Å²) < 4.78 is 24.6. The van der Waals surface area contributed by atoms with Gasteiger partial charge in [-0.15, -0.1) is 0 Å². The van der Waals surface area contributed by atoms with E-state index < -0.39 is 0 Å². The molecule has 2 aromatic rings. The van der Waals surface area contributed by atoms with E-state index in [1.807, 2.05) is 6.07 Å². The highest BCUT2D eigenvalue weighted by Crippen LogP contribution is 2.19. The first-order valence-electron chi connectivity index (χ1n) is 8.99. The number of carbonyl (C=O) groups is 2. The highest BCUT2D eigenvalue weighted by molar-refractivity contribution is 5.97. The molecule has 1 heterocycles. The number of ether oxygens (including phenoxy) is 2. The van der Waals surface area contributed by atoms with Gasteiger partial charge in [0, 0.05) is 30.9 Å². The number of hydrogen-bond acceptors (Lipinski definition) is 4. The van der Waals surface area contributed by atoms with Crippen molar-refractivity contribution in [2.24, 2.45) is 0 Å². The van der Waals surface area contributed by atoms with Crippen LogP contribution in [0.4, 0.5) is 4.39 Å². The first kappa shape index (κ1) is 19.0. The molecule has 2 atom stereocenters. The van der Waals surface area contributed by atoms with Gasteiger partial charge < -0.3 is 14.8 Å². The van der Waals surface area contributed by atoms with Crippen molar-refractivity contribution in [2.45, 2.75) is 31.4 Å². The monoisotopic (exact) mass is 371 g/mol. The minimum Gasteiger partial charge on any atom is -0.488 e. The molecule has 1 saturated heterocycles. The SMILES string of the molecule is O=C(CCC(=O)c1ccccc1)N[C@@H]1COCC[C@@H]1Oc1cccc(F)c1. The lowest BCUT2D eigenvalue weighted by atomic mass is 10.0. The average molecular weight is 371 g/mol. The Hall–Kier alpha value is -2.73. The summed E-state index contributed by atoms with van der Waals surface area (Å²) in [6.45, 7) is 0.831. The van der Waals surface area contributed by atoms with Crippen molar-refractivity contribution in [3.05, 3.63) is 66.0 Å². The van der Waals surface area contributed by atoms with E-state index in [9.17, 15) is 14.0 Å². The maximum absolute atomic E-state index is 13.3. The molecule has 1 fully saturated rings. The van der Waals surface area contributed by atoms with Crippen LogP contribution in [0.2, 0.25) is 0 Å². The van der Waals surface area contributed by atoms with Crippen LogP contribution in [0.3, 0.4) is 0 Å².